The summed E-state index contributed by atoms with van der Waals surface area (Å²) < 4.78 is 15.1. The van der Waals surface area contributed by atoms with E-state index in [1.807, 2.05) is 35.2 Å². The number of carbonyl (C=O) groups excluding carboxylic acids is 1. The number of carbonyl (C=O) groups is 1. The molecule has 0 radical (unpaired) electrons. The van der Waals surface area contributed by atoms with E-state index < -0.39 is 29.9 Å². The first-order chi connectivity index (χ1) is 18.4. The average molecular weight is 519 g/mol. The van der Waals surface area contributed by atoms with Gasteiger partial charge in [-0.05, 0) is 25.3 Å². The Bertz CT molecular complexity index is 1570. The van der Waals surface area contributed by atoms with Gasteiger partial charge in [-0.25, -0.2) is 4.79 Å². The van der Waals surface area contributed by atoms with E-state index in [9.17, 15) is 14.4 Å². The maximum absolute atomic E-state index is 13.7. The number of fused-ring (bicyclic) bond motifs is 1. The molecule has 0 amide bonds. The van der Waals surface area contributed by atoms with Gasteiger partial charge < -0.3 is 20.1 Å². The van der Waals surface area contributed by atoms with Gasteiger partial charge in [0, 0.05) is 32.6 Å². The number of imidazole rings is 1. The maximum Gasteiger partial charge on any atom is 0.332 e. The number of benzene rings is 1. The van der Waals surface area contributed by atoms with E-state index in [2.05, 4.69) is 16.8 Å². The molecule has 0 bridgehead atoms. The molecule has 198 valence electrons. The van der Waals surface area contributed by atoms with E-state index in [1.54, 1.807) is 11.5 Å². The number of nitrogens with two attached hydrogens (primary N) is 1. The summed E-state index contributed by atoms with van der Waals surface area (Å²) in [4.78, 5) is 46.6. The Morgan fingerprint density at radius 1 is 1.21 bits per heavy atom. The van der Waals surface area contributed by atoms with Gasteiger partial charge in [-0.2, -0.15) is 4.98 Å². The van der Waals surface area contributed by atoms with Crippen LogP contribution in [0.5, 0.6) is 0 Å². The van der Waals surface area contributed by atoms with Crippen molar-refractivity contribution in [1.82, 2.24) is 18.7 Å². The van der Waals surface area contributed by atoms with Crippen molar-refractivity contribution < 1.29 is 14.3 Å². The summed E-state index contributed by atoms with van der Waals surface area (Å²) in [5.41, 5.74) is 6.35. The standard InChI is InChI=1S/C27H30N6O5/c1-3-4-13-32-23-24(29-26(32)31-12-8-11-19(28)15-31)30(2)27(36)33(25(23)35)16-20(34)21-17-37-22(38-21)14-18-9-6-5-7-10-18/h5-7,9-10,17,19,22H,8,11-16,28H2,1-2H3/t19-,22?/m1/s1. The predicted molar refractivity (Wildman–Crippen MR) is 141 cm³/mol. The van der Waals surface area contributed by atoms with Crippen molar-refractivity contribution in [3.05, 3.63) is 68.8 Å². The van der Waals surface area contributed by atoms with Crippen LogP contribution < -0.4 is 21.9 Å². The van der Waals surface area contributed by atoms with E-state index in [0.717, 1.165) is 29.5 Å². The summed E-state index contributed by atoms with van der Waals surface area (Å²) in [5, 5.41) is 0. The minimum Gasteiger partial charge on any atom is -0.458 e. The first-order valence-corrected chi connectivity index (χ1v) is 12.6. The minimum atomic E-state index is -0.661. The number of ketones is 1. The van der Waals surface area contributed by atoms with Crippen LogP contribution in [0.25, 0.3) is 11.2 Å². The molecule has 11 nitrogen and oxygen atoms in total. The summed E-state index contributed by atoms with van der Waals surface area (Å²) >= 11 is 0. The van der Waals surface area contributed by atoms with Gasteiger partial charge in [0.05, 0.1) is 13.1 Å². The molecule has 4 heterocycles. The molecule has 2 aliphatic heterocycles. The van der Waals surface area contributed by atoms with Crippen molar-refractivity contribution in [3.8, 4) is 11.8 Å². The fraction of sp³-hybridized carbons (Fsp3) is 0.407. The van der Waals surface area contributed by atoms with Crippen molar-refractivity contribution >= 4 is 22.9 Å². The highest BCUT2D eigenvalue weighted by molar-refractivity contribution is 5.93. The quantitative estimate of drug-likeness (QED) is 0.457. The zero-order valence-corrected chi connectivity index (χ0v) is 21.4. The summed E-state index contributed by atoms with van der Waals surface area (Å²) in [5.74, 6) is 5.80. The van der Waals surface area contributed by atoms with Crippen molar-refractivity contribution in [2.24, 2.45) is 12.8 Å². The molecule has 1 unspecified atom stereocenters. The molecule has 0 saturated carbocycles. The van der Waals surface area contributed by atoms with E-state index in [4.69, 9.17) is 15.2 Å². The average Bonchev–Trinajstić information content (AvgIpc) is 3.54. The van der Waals surface area contributed by atoms with E-state index in [-0.39, 0.29) is 29.5 Å². The second-order valence-electron chi connectivity index (χ2n) is 9.46. The molecule has 0 spiro atoms. The first kappa shape index (κ1) is 25.4. The Morgan fingerprint density at radius 3 is 2.74 bits per heavy atom. The number of allylic oxidation sites excluding steroid dienone is 1. The van der Waals surface area contributed by atoms with Gasteiger partial charge in [-0.15, -0.1) is 5.92 Å². The van der Waals surface area contributed by atoms with E-state index >= 15 is 0 Å². The number of aryl methyl sites for hydroxylation is 1. The molecular weight excluding hydrogens is 488 g/mol. The third kappa shape index (κ3) is 4.82. The minimum absolute atomic E-state index is 0.0139. The van der Waals surface area contributed by atoms with E-state index in [1.165, 1.54) is 17.9 Å². The van der Waals surface area contributed by atoms with Crippen molar-refractivity contribution in [1.29, 1.82) is 0 Å². The molecule has 1 fully saturated rings. The van der Waals surface area contributed by atoms with Crippen LogP contribution in [0, 0.1) is 11.8 Å². The lowest BCUT2D eigenvalue weighted by Gasteiger charge is -2.31. The summed E-state index contributed by atoms with van der Waals surface area (Å²) in [6.45, 7) is 2.73. The molecule has 11 heteroatoms. The molecule has 2 aromatic heterocycles. The third-order valence-corrected chi connectivity index (χ3v) is 6.77. The van der Waals surface area contributed by atoms with Crippen LogP contribution in [0.15, 0.2) is 51.9 Å². The number of anilines is 1. The number of ether oxygens (including phenoxy) is 2. The highest BCUT2D eigenvalue weighted by Gasteiger charge is 2.29. The fourth-order valence-corrected chi connectivity index (χ4v) is 4.82. The SMILES string of the molecule is CC#CCn1c(N2CCC[C@@H](N)C2)nc2c1c(=O)n(CC(=O)C1=COC(Cc3ccccc3)O1)c(=O)n2C. The molecule has 38 heavy (non-hydrogen) atoms. The van der Waals surface area contributed by atoms with Gasteiger partial charge in [-0.1, -0.05) is 36.3 Å². The Hall–Kier alpha value is -4.30. The second kappa shape index (κ2) is 10.6. The molecule has 2 N–H and O–H groups in total. The molecule has 1 saturated heterocycles. The number of piperidine rings is 1. The van der Waals surface area contributed by atoms with E-state index in [0.29, 0.717) is 18.9 Å². The predicted octanol–water partition coefficient (Wildman–Crippen LogP) is 0.874. The second-order valence-corrected chi connectivity index (χ2v) is 9.46. The van der Waals surface area contributed by atoms with Gasteiger partial charge >= 0.3 is 5.69 Å². The van der Waals surface area contributed by atoms with Crippen LogP contribution in [-0.4, -0.2) is 49.9 Å². The van der Waals surface area contributed by atoms with Crippen LogP contribution >= 0.6 is 0 Å². The zero-order chi connectivity index (χ0) is 26.8. The summed E-state index contributed by atoms with van der Waals surface area (Å²) in [6, 6.07) is 9.58. The topological polar surface area (TPSA) is 127 Å². The van der Waals surface area contributed by atoms with Crippen LogP contribution in [0.2, 0.25) is 0 Å². The molecule has 0 aliphatic carbocycles. The van der Waals surface area contributed by atoms with Crippen LogP contribution in [0.4, 0.5) is 5.95 Å². The lowest BCUT2D eigenvalue weighted by molar-refractivity contribution is -0.122. The number of rotatable bonds is 7. The lowest BCUT2D eigenvalue weighted by atomic mass is 10.1. The van der Waals surface area contributed by atoms with Crippen LogP contribution in [0.3, 0.4) is 0 Å². The van der Waals surface area contributed by atoms with Gasteiger partial charge in [0.25, 0.3) is 5.56 Å². The van der Waals surface area contributed by atoms with Crippen molar-refractivity contribution in [3.63, 3.8) is 0 Å². The molecule has 5 rings (SSSR count). The summed E-state index contributed by atoms with van der Waals surface area (Å²) in [7, 11) is 1.53. The maximum atomic E-state index is 13.7. The number of Topliss-reactive ketones (excluding diaryl/α,β-unsaturated/α-hetero) is 1. The third-order valence-electron chi connectivity index (χ3n) is 6.77. The van der Waals surface area contributed by atoms with Gasteiger partial charge in [0.1, 0.15) is 6.26 Å². The van der Waals surface area contributed by atoms with Gasteiger partial charge in [0.15, 0.2) is 11.2 Å². The van der Waals surface area contributed by atoms with Gasteiger partial charge in [0.2, 0.25) is 23.8 Å². The smallest absolute Gasteiger partial charge is 0.332 e. The molecule has 1 aromatic carbocycles. The Labute approximate surface area is 219 Å². The highest BCUT2D eigenvalue weighted by atomic mass is 16.7. The monoisotopic (exact) mass is 518 g/mol. The normalized spacial score (nSPS) is 18.9. The van der Waals surface area contributed by atoms with Crippen LogP contribution in [0.1, 0.15) is 25.3 Å². The van der Waals surface area contributed by atoms with Gasteiger partial charge in [-0.3, -0.25) is 23.3 Å². The zero-order valence-electron chi connectivity index (χ0n) is 21.4. The lowest BCUT2D eigenvalue weighted by Crippen LogP contribution is -2.44. The molecule has 3 aromatic rings. The first-order valence-electron chi connectivity index (χ1n) is 12.6. The summed E-state index contributed by atoms with van der Waals surface area (Å²) in [6.07, 6.45) is 2.83. The largest absolute Gasteiger partial charge is 0.458 e. The molecular formula is C27H30N6O5. The van der Waals surface area contributed by atoms with Crippen LogP contribution in [-0.2, 0) is 40.8 Å². The Kier molecular flexibility index (Phi) is 7.07. The number of aromatic nitrogens is 4. The number of hydrogen-bond donors (Lipinski definition) is 1. The number of hydrogen-bond acceptors (Lipinski definition) is 8. The van der Waals surface area contributed by atoms with Crippen molar-refractivity contribution in [2.75, 3.05) is 18.0 Å². The molecule has 2 atom stereocenters. The van der Waals surface area contributed by atoms with Crippen molar-refractivity contribution in [2.45, 2.75) is 51.6 Å². The number of nitrogens with zero attached hydrogens (tertiary/aromatic N) is 5. The molecule has 2 aliphatic rings. The Balaban J connectivity index is 1.46. The highest BCUT2D eigenvalue weighted by Crippen LogP contribution is 2.23. The fourth-order valence-electron chi connectivity index (χ4n) is 4.82. The Morgan fingerprint density at radius 2 is 2.00 bits per heavy atom.